The van der Waals surface area contributed by atoms with Gasteiger partial charge in [0.05, 0.1) is 6.10 Å². The largest absolute Gasteiger partial charge is 0.393 e. The van der Waals surface area contributed by atoms with E-state index in [1.165, 1.54) is 6.42 Å². The van der Waals surface area contributed by atoms with Gasteiger partial charge in [-0.2, -0.15) is 0 Å². The average molecular weight is 172 g/mol. The summed E-state index contributed by atoms with van der Waals surface area (Å²) in [5, 5.41) is 9.28. The second kappa shape index (κ2) is 5.58. The van der Waals surface area contributed by atoms with Crippen molar-refractivity contribution in [1.82, 2.24) is 0 Å². The van der Waals surface area contributed by atoms with E-state index in [0.717, 1.165) is 12.3 Å². The number of aliphatic hydroxyl groups excluding tert-OH is 1. The van der Waals surface area contributed by atoms with Gasteiger partial charge in [0.25, 0.3) is 0 Å². The molecule has 0 saturated carbocycles. The molecule has 12 heavy (non-hydrogen) atoms. The van der Waals surface area contributed by atoms with E-state index >= 15 is 0 Å². The molecule has 0 aliphatic rings. The molecule has 1 heteroatoms. The molecule has 0 aliphatic heterocycles. The molecule has 1 nitrogen and oxygen atoms in total. The fourth-order valence-electron chi connectivity index (χ4n) is 1.68. The minimum absolute atomic E-state index is 0.142. The van der Waals surface area contributed by atoms with Crippen LogP contribution in [0.2, 0.25) is 0 Å². The third-order valence-electron chi connectivity index (χ3n) is 2.36. The fourth-order valence-corrected chi connectivity index (χ4v) is 1.68. The summed E-state index contributed by atoms with van der Waals surface area (Å²) >= 11 is 0. The van der Waals surface area contributed by atoms with Gasteiger partial charge >= 0.3 is 0 Å². The summed E-state index contributed by atoms with van der Waals surface area (Å²) in [7, 11) is 0. The van der Waals surface area contributed by atoms with Gasteiger partial charge in [-0.25, -0.2) is 0 Å². The summed E-state index contributed by atoms with van der Waals surface area (Å²) in [6, 6.07) is 0. The van der Waals surface area contributed by atoms with Crippen LogP contribution < -0.4 is 0 Å². The normalized spacial score (nSPS) is 17.0. The van der Waals surface area contributed by atoms with Gasteiger partial charge in [0.15, 0.2) is 0 Å². The van der Waals surface area contributed by atoms with Crippen molar-refractivity contribution in [3.05, 3.63) is 0 Å². The number of aliphatic hydroxyl groups is 1. The Bertz CT molecular complexity index is 95.6. The van der Waals surface area contributed by atoms with Crippen molar-refractivity contribution >= 4 is 0 Å². The molecule has 0 aromatic carbocycles. The highest BCUT2D eigenvalue weighted by Gasteiger charge is 2.16. The van der Waals surface area contributed by atoms with Crippen LogP contribution in [0.5, 0.6) is 0 Å². The van der Waals surface area contributed by atoms with E-state index in [0.29, 0.717) is 11.8 Å². The molecule has 74 valence electrons. The Balaban J connectivity index is 3.87. The molecule has 0 rings (SSSR count). The highest BCUT2D eigenvalue weighted by Crippen LogP contribution is 2.24. The van der Waals surface area contributed by atoms with E-state index in [2.05, 4.69) is 27.7 Å². The van der Waals surface area contributed by atoms with Crippen LogP contribution in [0.15, 0.2) is 0 Å². The predicted octanol–water partition coefficient (Wildman–Crippen LogP) is 3.08. The predicted molar refractivity (Wildman–Crippen MR) is 54.1 cm³/mol. The molecule has 0 radical (unpaired) electrons. The summed E-state index contributed by atoms with van der Waals surface area (Å²) < 4.78 is 0. The molecule has 0 fully saturated rings. The minimum atomic E-state index is -0.142. The Labute approximate surface area is 77.2 Å². The molecular weight excluding hydrogens is 148 g/mol. The first-order chi connectivity index (χ1) is 5.43. The van der Waals surface area contributed by atoms with Crippen molar-refractivity contribution in [1.29, 1.82) is 0 Å². The lowest BCUT2D eigenvalue weighted by molar-refractivity contribution is 0.136. The second-order valence-corrected chi connectivity index (χ2v) is 4.72. The zero-order chi connectivity index (χ0) is 9.72. The molecular formula is C11H24O. The maximum Gasteiger partial charge on any atom is 0.0514 e. The Morgan fingerprint density at radius 3 is 1.67 bits per heavy atom. The van der Waals surface area contributed by atoms with Crippen LogP contribution in [-0.2, 0) is 0 Å². The lowest BCUT2D eigenvalue weighted by atomic mass is 9.84. The lowest BCUT2D eigenvalue weighted by Crippen LogP contribution is -2.17. The summed E-state index contributed by atoms with van der Waals surface area (Å²) in [4.78, 5) is 0. The summed E-state index contributed by atoms with van der Waals surface area (Å²) in [5.74, 6) is 2.13. The zero-order valence-corrected chi connectivity index (χ0v) is 9.17. The molecule has 0 amide bonds. The summed E-state index contributed by atoms with van der Waals surface area (Å²) in [6.45, 7) is 10.9. The van der Waals surface area contributed by atoms with Crippen LogP contribution in [0, 0.1) is 17.8 Å². The van der Waals surface area contributed by atoms with Gasteiger partial charge in [0.2, 0.25) is 0 Å². The third kappa shape index (κ3) is 5.59. The molecule has 2 atom stereocenters. The second-order valence-electron chi connectivity index (χ2n) is 4.72. The average Bonchev–Trinajstić information content (AvgIpc) is 1.83. The summed E-state index contributed by atoms with van der Waals surface area (Å²) in [5.41, 5.74) is 0. The number of hydrogen-bond acceptors (Lipinski definition) is 1. The molecule has 2 unspecified atom stereocenters. The molecule has 0 heterocycles. The van der Waals surface area contributed by atoms with Crippen molar-refractivity contribution < 1.29 is 5.11 Å². The van der Waals surface area contributed by atoms with E-state index in [9.17, 15) is 5.11 Å². The molecule has 0 saturated heterocycles. The molecule has 0 aromatic heterocycles. The van der Waals surface area contributed by atoms with Gasteiger partial charge in [-0.3, -0.25) is 0 Å². The van der Waals surface area contributed by atoms with Crippen LogP contribution in [0.1, 0.15) is 47.5 Å². The Hall–Kier alpha value is -0.0400. The van der Waals surface area contributed by atoms with Gasteiger partial charge in [0, 0.05) is 0 Å². The Morgan fingerprint density at radius 2 is 1.42 bits per heavy atom. The molecule has 0 aliphatic carbocycles. The van der Waals surface area contributed by atoms with Crippen molar-refractivity contribution in [2.75, 3.05) is 0 Å². The van der Waals surface area contributed by atoms with E-state index in [4.69, 9.17) is 0 Å². The van der Waals surface area contributed by atoms with Crippen LogP contribution in [0.3, 0.4) is 0 Å². The van der Waals surface area contributed by atoms with Crippen molar-refractivity contribution in [3.63, 3.8) is 0 Å². The Kier molecular flexibility index (Phi) is 5.56. The van der Waals surface area contributed by atoms with Gasteiger partial charge in [-0.05, 0) is 37.5 Å². The maximum atomic E-state index is 9.28. The van der Waals surface area contributed by atoms with E-state index in [1.807, 2.05) is 6.92 Å². The SMILES string of the molecule is CC(C)CC(CC(C)O)C(C)C. The first kappa shape index (κ1) is 12.0. The standard InChI is InChI=1S/C11H24O/c1-8(2)6-11(9(3)4)7-10(5)12/h8-12H,6-7H2,1-5H3. The molecule has 0 aromatic rings. The number of hydrogen-bond donors (Lipinski definition) is 1. The molecule has 0 spiro atoms. The van der Waals surface area contributed by atoms with Gasteiger partial charge in [-0.15, -0.1) is 0 Å². The zero-order valence-electron chi connectivity index (χ0n) is 9.17. The first-order valence-electron chi connectivity index (χ1n) is 5.11. The van der Waals surface area contributed by atoms with E-state index in [-0.39, 0.29) is 6.10 Å². The van der Waals surface area contributed by atoms with E-state index < -0.39 is 0 Å². The van der Waals surface area contributed by atoms with Crippen LogP contribution in [-0.4, -0.2) is 11.2 Å². The van der Waals surface area contributed by atoms with E-state index in [1.54, 1.807) is 0 Å². The van der Waals surface area contributed by atoms with Crippen LogP contribution in [0.25, 0.3) is 0 Å². The highest BCUT2D eigenvalue weighted by atomic mass is 16.3. The molecule has 0 bridgehead atoms. The quantitative estimate of drug-likeness (QED) is 0.675. The Morgan fingerprint density at radius 1 is 0.917 bits per heavy atom. The van der Waals surface area contributed by atoms with Crippen molar-refractivity contribution in [2.24, 2.45) is 17.8 Å². The monoisotopic (exact) mass is 172 g/mol. The van der Waals surface area contributed by atoms with Gasteiger partial charge < -0.3 is 5.11 Å². The van der Waals surface area contributed by atoms with Gasteiger partial charge in [0.1, 0.15) is 0 Å². The smallest absolute Gasteiger partial charge is 0.0514 e. The topological polar surface area (TPSA) is 20.2 Å². The van der Waals surface area contributed by atoms with Gasteiger partial charge in [-0.1, -0.05) is 27.7 Å². The van der Waals surface area contributed by atoms with Crippen LogP contribution in [0.4, 0.5) is 0 Å². The van der Waals surface area contributed by atoms with Crippen LogP contribution >= 0.6 is 0 Å². The third-order valence-corrected chi connectivity index (χ3v) is 2.36. The van der Waals surface area contributed by atoms with Crippen molar-refractivity contribution in [3.8, 4) is 0 Å². The lowest BCUT2D eigenvalue weighted by Gasteiger charge is -2.23. The van der Waals surface area contributed by atoms with Crippen molar-refractivity contribution in [2.45, 2.75) is 53.6 Å². The summed E-state index contributed by atoms with van der Waals surface area (Å²) in [6.07, 6.45) is 2.05. The fraction of sp³-hybridized carbons (Fsp3) is 1.00. The highest BCUT2D eigenvalue weighted by molar-refractivity contribution is 4.67. The minimum Gasteiger partial charge on any atom is -0.393 e. The maximum absolute atomic E-state index is 9.28. The molecule has 1 N–H and O–H groups in total. The first-order valence-corrected chi connectivity index (χ1v) is 5.11. The number of rotatable bonds is 5.